The van der Waals surface area contributed by atoms with E-state index in [0.717, 1.165) is 10.4 Å². The van der Waals surface area contributed by atoms with Gasteiger partial charge in [0.1, 0.15) is 23.0 Å². The van der Waals surface area contributed by atoms with Gasteiger partial charge in [0.05, 0.1) is 5.56 Å². The van der Waals surface area contributed by atoms with Crippen molar-refractivity contribution in [2.45, 2.75) is 25.9 Å². The van der Waals surface area contributed by atoms with Crippen molar-refractivity contribution in [3.8, 4) is 23.0 Å². The van der Waals surface area contributed by atoms with Crippen LogP contribution in [0.4, 0.5) is 0 Å². The van der Waals surface area contributed by atoms with Gasteiger partial charge in [0.25, 0.3) is 0 Å². The van der Waals surface area contributed by atoms with E-state index in [1.807, 2.05) is 18.2 Å². The van der Waals surface area contributed by atoms with Crippen LogP contribution in [-0.4, -0.2) is 21.0 Å². The first-order valence-electron chi connectivity index (χ1n) is 10.0. The molecule has 0 fully saturated rings. The zero-order valence-corrected chi connectivity index (χ0v) is 17.8. The van der Waals surface area contributed by atoms with Crippen molar-refractivity contribution >= 4 is 23.1 Å². The van der Waals surface area contributed by atoms with E-state index in [0.29, 0.717) is 40.2 Å². The second-order valence-electron chi connectivity index (χ2n) is 8.21. The molecular weight excluding hydrogens is 412 g/mol. The quantitative estimate of drug-likeness (QED) is 0.436. The van der Waals surface area contributed by atoms with Crippen molar-refractivity contribution in [2.75, 3.05) is 0 Å². The first-order chi connectivity index (χ1) is 14.8. The minimum Gasteiger partial charge on any atom is -0.508 e. The molecule has 5 rings (SSSR count). The lowest BCUT2D eigenvalue weighted by Gasteiger charge is -2.36. The van der Waals surface area contributed by atoms with E-state index in [4.69, 9.17) is 21.7 Å². The van der Waals surface area contributed by atoms with Crippen LogP contribution in [0.15, 0.2) is 54.6 Å². The third kappa shape index (κ3) is 2.90. The smallest absolute Gasteiger partial charge is 0.340 e. The van der Waals surface area contributed by atoms with Crippen LogP contribution in [0.25, 0.3) is 0 Å². The van der Waals surface area contributed by atoms with Crippen LogP contribution < -0.4 is 4.74 Å². The molecule has 0 aliphatic carbocycles. The number of carbonyl (C=O) groups excluding carboxylic acids is 1. The molecule has 0 amide bonds. The maximum Gasteiger partial charge on any atom is 0.340 e. The topological polar surface area (TPSA) is 76.0 Å². The van der Waals surface area contributed by atoms with E-state index in [9.17, 15) is 15.0 Å². The minimum absolute atomic E-state index is 0.0274. The number of hydrogen-bond donors (Lipinski definition) is 2. The number of aromatic hydroxyl groups is 2. The first kappa shape index (κ1) is 19.6. The van der Waals surface area contributed by atoms with Gasteiger partial charge in [0, 0.05) is 35.2 Å². The highest BCUT2D eigenvalue weighted by atomic mass is 32.1. The van der Waals surface area contributed by atoms with Crippen molar-refractivity contribution in [2.24, 2.45) is 5.92 Å². The van der Waals surface area contributed by atoms with Gasteiger partial charge in [0.15, 0.2) is 5.60 Å². The Bertz CT molecular complexity index is 1210. The number of phenolic OH excluding ortho intramolecular Hbond substituents is 2. The van der Waals surface area contributed by atoms with E-state index in [1.54, 1.807) is 12.1 Å². The highest BCUT2D eigenvalue weighted by molar-refractivity contribution is 7.80. The Labute approximate surface area is 184 Å². The van der Waals surface area contributed by atoms with Gasteiger partial charge < -0.3 is 19.7 Å². The average Bonchev–Trinajstić information content (AvgIpc) is 3.00. The van der Waals surface area contributed by atoms with Crippen molar-refractivity contribution in [3.63, 3.8) is 0 Å². The molecule has 0 saturated carbocycles. The second kappa shape index (κ2) is 6.82. The summed E-state index contributed by atoms with van der Waals surface area (Å²) >= 11 is 5.48. The van der Waals surface area contributed by atoms with Gasteiger partial charge in [0.2, 0.25) is 0 Å². The highest BCUT2D eigenvalue weighted by Crippen LogP contribution is 2.57. The van der Waals surface area contributed by atoms with Crippen LogP contribution in [0.5, 0.6) is 23.0 Å². The van der Waals surface area contributed by atoms with Crippen LogP contribution in [0.1, 0.15) is 46.5 Å². The molecule has 2 aliphatic heterocycles. The summed E-state index contributed by atoms with van der Waals surface area (Å²) in [4.78, 5) is 14.0. The van der Waals surface area contributed by atoms with Gasteiger partial charge in [-0.3, -0.25) is 0 Å². The van der Waals surface area contributed by atoms with Gasteiger partial charge in [-0.2, -0.15) is 0 Å². The summed E-state index contributed by atoms with van der Waals surface area (Å²) in [6, 6.07) is 15.1. The fourth-order valence-corrected chi connectivity index (χ4v) is 4.43. The summed E-state index contributed by atoms with van der Waals surface area (Å²) in [6.45, 7) is 4.11. The Morgan fingerprint density at radius 3 is 2.10 bits per heavy atom. The van der Waals surface area contributed by atoms with Gasteiger partial charge in [-0.05, 0) is 46.7 Å². The van der Waals surface area contributed by atoms with Crippen LogP contribution in [-0.2, 0) is 16.8 Å². The van der Waals surface area contributed by atoms with E-state index >= 15 is 0 Å². The first-order valence-corrected chi connectivity index (χ1v) is 10.4. The molecule has 0 saturated heterocycles. The third-order valence-corrected chi connectivity index (χ3v) is 6.48. The lowest BCUT2D eigenvalue weighted by Crippen LogP contribution is -2.32. The molecule has 0 bridgehead atoms. The molecule has 2 heterocycles. The molecule has 5 nitrogen and oxygen atoms in total. The van der Waals surface area contributed by atoms with Gasteiger partial charge in [-0.1, -0.05) is 38.2 Å². The van der Waals surface area contributed by atoms with Crippen molar-refractivity contribution in [1.82, 2.24) is 0 Å². The Balaban J connectivity index is 1.73. The molecule has 0 atom stereocenters. The number of phenols is 2. The number of ether oxygens (including phenoxy) is 2. The maximum atomic E-state index is 13.1. The molecule has 2 N–H and O–H groups in total. The van der Waals surface area contributed by atoms with Gasteiger partial charge in [-0.25, -0.2) is 4.79 Å². The van der Waals surface area contributed by atoms with E-state index in [2.05, 4.69) is 13.8 Å². The molecule has 0 radical (unpaired) electrons. The Morgan fingerprint density at radius 1 is 0.935 bits per heavy atom. The third-order valence-electron chi connectivity index (χ3n) is 5.86. The molecule has 1 spiro atoms. The summed E-state index contributed by atoms with van der Waals surface area (Å²) in [5.41, 5.74) is 2.12. The summed E-state index contributed by atoms with van der Waals surface area (Å²) in [5, 5.41) is 20.0. The number of carbonyl (C=O) groups is 1. The van der Waals surface area contributed by atoms with E-state index in [-0.39, 0.29) is 17.4 Å². The molecule has 6 heteroatoms. The number of hydrogen-bond acceptors (Lipinski definition) is 6. The molecule has 3 aromatic rings. The van der Waals surface area contributed by atoms with Gasteiger partial charge >= 0.3 is 5.97 Å². The fraction of sp³-hybridized carbons (Fsp3) is 0.200. The number of esters is 1. The Kier molecular flexibility index (Phi) is 4.31. The highest BCUT2D eigenvalue weighted by Gasteiger charge is 2.53. The van der Waals surface area contributed by atoms with E-state index in [1.165, 1.54) is 24.3 Å². The van der Waals surface area contributed by atoms with Gasteiger partial charge in [-0.15, -0.1) is 0 Å². The molecule has 31 heavy (non-hydrogen) atoms. The molecule has 0 aromatic heterocycles. The number of fused-ring (bicyclic) bond motifs is 6. The average molecular weight is 432 g/mol. The molecular formula is C25H20O5S. The minimum atomic E-state index is -1.23. The lowest BCUT2D eigenvalue weighted by molar-refractivity contribution is 0.0224. The molecule has 3 aromatic carbocycles. The standard InChI is InChI=1S/C25H20O5S/c1-13(2)23(31)10-14-3-6-18-17(9-14)24(28)30-25(18)19-7-4-15(26)11-21(19)29-22-12-16(27)5-8-20(22)25/h3-9,11-13,26-27H,10H2,1-2H3. The van der Waals surface area contributed by atoms with E-state index < -0.39 is 11.6 Å². The van der Waals surface area contributed by atoms with Crippen molar-refractivity contribution in [3.05, 3.63) is 82.4 Å². The maximum absolute atomic E-state index is 13.1. The molecule has 2 aliphatic rings. The summed E-state index contributed by atoms with van der Waals surface area (Å²) in [7, 11) is 0. The Morgan fingerprint density at radius 2 is 1.52 bits per heavy atom. The zero-order valence-electron chi connectivity index (χ0n) is 17.0. The summed E-state index contributed by atoms with van der Waals surface area (Å²) in [5.74, 6) is 0.621. The molecule has 156 valence electrons. The predicted octanol–water partition coefficient (Wildman–Crippen LogP) is 5.23. The van der Waals surface area contributed by atoms with Crippen molar-refractivity contribution in [1.29, 1.82) is 0 Å². The zero-order chi connectivity index (χ0) is 21.9. The lowest BCUT2D eigenvalue weighted by atomic mass is 9.77. The normalized spacial score (nSPS) is 15.1. The Hall–Kier alpha value is -3.38. The van der Waals surface area contributed by atoms with Crippen LogP contribution in [0, 0.1) is 5.92 Å². The number of benzene rings is 3. The monoisotopic (exact) mass is 432 g/mol. The predicted molar refractivity (Wildman–Crippen MR) is 119 cm³/mol. The van der Waals surface area contributed by atoms with Crippen LogP contribution in [0.3, 0.4) is 0 Å². The second-order valence-corrected chi connectivity index (χ2v) is 8.74. The summed E-state index contributed by atoms with van der Waals surface area (Å²) < 4.78 is 12.0. The van der Waals surface area contributed by atoms with Crippen LogP contribution >= 0.6 is 12.2 Å². The number of thiocarbonyl (C=S) groups is 1. The fourth-order valence-electron chi connectivity index (χ4n) is 4.27. The largest absolute Gasteiger partial charge is 0.508 e. The number of rotatable bonds is 3. The SMILES string of the molecule is CC(C)C(=S)Cc1ccc2c(c1)C(=O)OC21c2ccc(O)cc2Oc2cc(O)ccc21. The molecule has 0 unspecified atom stereocenters. The van der Waals surface area contributed by atoms with Crippen molar-refractivity contribution < 1.29 is 24.5 Å². The summed E-state index contributed by atoms with van der Waals surface area (Å²) in [6.07, 6.45) is 0.610. The van der Waals surface area contributed by atoms with Crippen LogP contribution in [0.2, 0.25) is 0 Å².